The number of amides is 1. The Labute approximate surface area is 173 Å². The third-order valence-corrected chi connectivity index (χ3v) is 4.43. The van der Waals surface area contributed by atoms with Crippen LogP contribution in [0, 0.1) is 0 Å². The van der Waals surface area contributed by atoms with Crippen molar-refractivity contribution in [2.75, 3.05) is 48.5 Å². The Hall–Kier alpha value is -2.99. The summed E-state index contributed by atoms with van der Waals surface area (Å²) < 4.78 is 16.0. The monoisotopic (exact) mass is 398 g/mol. The number of hydrogen-bond acceptors (Lipinski definition) is 5. The highest BCUT2D eigenvalue weighted by molar-refractivity contribution is 6.01. The SMILES string of the molecule is COc1ccc(/C=C/c2cc(OC)cc(OC)c2C(=O)NCCCN(C)C)cc1. The Morgan fingerprint density at radius 3 is 2.24 bits per heavy atom. The first-order valence-corrected chi connectivity index (χ1v) is 9.49. The summed E-state index contributed by atoms with van der Waals surface area (Å²) in [5, 5.41) is 2.98. The highest BCUT2D eigenvalue weighted by Crippen LogP contribution is 2.30. The van der Waals surface area contributed by atoms with Gasteiger partial charge in [-0.1, -0.05) is 24.3 Å². The third kappa shape index (κ3) is 6.54. The summed E-state index contributed by atoms with van der Waals surface area (Å²) in [6.07, 6.45) is 4.70. The van der Waals surface area contributed by atoms with Crippen molar-refractivity contribution in [3.63, 3.8) is 0 Å². The lowest BCUT2D eigenvalue weighted by Gasteiger charge is -2.15. The highest BCUT2D eigenvalue weighted by atomic mass is 16.5. The minimum Gasteiger partial charge on any atom is -0.497 e. The van der Waals surface area contributed by atoms with Gasteiger partial charge in [-0.2, -0.15) is 0 Å². The van der Waals surface area contributed by atoms with Crippen LogP contribution in [0.5, 0.6) is 17.2 Å². The summed E-state index contributed by atoms with van der Waals surface area (Å²) in [4.78, 5) is 15.0. The highest BCUT2D eigenvalue weighted by Gasteiger charge is 2.18. The fraction of sp³-hybridized carbons (Fsp3) is 0.348. The van der Waals surface area contributed by atoms with Crippen molar-refractivity contribution in [3.8, 4) is 17.2 Å². The van der Waals surface area contributed by atoms with Gasteiger partial charge in [0.2, 0.25) is 0 Å². The molecule has 0 unspecified atom stereocenters. The summed E-state index contributed by atoms with van der Waals surface area (Å²) in [7, 11) is 8.80. The van der Waals surface area contributed by atoms with Gasteiger partial charge in [0.1, 0.15) is 17.2 Å². The van der Waals surface area contributed by atoms with E-state index in [1.807, 2.05) is 56.6 Å². The Kier molecular flexibility index (Phi) is 8.55. The normalized spacial score (nSPS) is 11.0. The lowest BCUT2D eigenvalue weighted by atomic mass is 10.0. The van der Waals surface area contributed by atoms with Crippen molar-refractivity contribution in [2.24, 2.45) is 0 Å². The molecular formula is C23H30N2O4. The number of carbonyl (C=O) groups excluding carboxylic acids is 1. The smallest absolute Gasteiger partial charge is 0.255 e. The van der Waals surface area contributed by atoms with Crippen molar-refractivity contribution in [1.82, 2.24) is 10.2 Å². The van der Waals surface area contributed by atoms with E-state index in [0.717, 1.165) is 29.8 Å². The quantitative estimate of drug-likeness (QED) is 0.490. The second-order valence-corrected chi connectivity index (χ2v) is 6.81. The van der Waals surface area contributed by atoms with Crippen LogP contribution in [0.15, 0.2) is 36.4 Å². The lowest BCUT2D eigenvalue weighted by Crippen LogP contribution is -2.28. The first-order valence-electron chi connectivity index (χ1n) is 9.49. The molecule has 6 nitrogen and oxygen atoms in total. The van der Waals surface area contributed by atoms with Gasteiger partial charge in [0.05, 0.1) is 26.9 Å². The minimum absolute atomic E-state index is 0.169. The van der Waals surface area contributed by atoms with E-state index in [1.54, 1.807) is 27.4 Å². The molecule has 1 N–H and O–H groups in total. The van der Waals surface area contributed by atoms with Crippen LogP contribution in [-0.4, -0.2) is 59.3 Å². The van der Waals surface area contributed by atoms with E-state index in [-0.39, 0.29) is 5.91 Å². The number of benzene rings is 2. The van der Waals surface area contributed by atoms with Crippen molar-refractivity contribution in [2.45, 2.75) is 6.42 Å². The maximum absolute atomic E-state index is 12.9. The summed E-state index contributed by atoms with van der Waals surface area (Å²) in [5.74, 6) is 1.73. The van der Waals surface area contributed by atoms with Crippen LogP contribution in [0.4, 0.5) is 0 Å². The molecule has 2 aromatic carbocycles. The first-order chi connectivity index (χ1) is 14.0. The van der Waals surface area contributed by atoms with Gasteiger partial charge in [0.25, 0.3) is 5.91 Å². The number of nitrogens with one attached hydrogen (secondary N) is 1. The van der Waals surface area contributed by atoms with Gasteiger partial charge < -0.3 is 24.4 Å². The minimum atomic E-state index is -0.169. The molecule has 2 aromatic rings. The Bertz CT molecular complexity index is 830. The van der Waals surface area contributed by atoms with Gasteiger partial charge in [-0.05, 0) is 56.4 Å². The summed E-state index contributed by atoms with van der Waals surface area (Å²) in [6, 6.07) is 11.2. The molecule has 0 aliphatic carbocycles. The van der Waals surface area contributed by atoms with E-state index in [1.165, 1.54) is 0 Å². The van der Waals surface area contributed by atoms with Gasteiger partial charge in [-0.25, -0.2) is 0 Å². The second-order valence-electron chi connectivity index (χ2n) is 6.81. The summed E-state index contributed by atoms with van der Waals surface area (Å²) >= 11 is 0. The van der Waals surface area contributed by atoms with Gasteiger partial charge in [-0.3, -0.25) is 4.79 Å². The molecule has 0 bridgehead atoms. The summed E-state index contributed by atoms with van der Waals surface area (Å²) in [5.41, 5.74) is 2.20. The predicted octanol–water partition coefficient (Wildman–Crippen LogP) is 3.56. The largest absolute Gasteiger partial charge is 0.497 e. The van der Waals surface area contributed by atoms with E-state index in [4.69, 9.17) is 14.2 Å². The number of carbonyl (C=O) groups is 1. The maximum atomic E-state index is 12.9. The molecule has 156 valence electrons. The van der Waals surface area contributed by atoms with Gasteiger partial charge >= 0.3 is 0 Å². The zero-order valence-corrected chi connectivity index (χ0v) is 17.8. The van der Waals surface area contributed by atoms with Crippen molar-refractivity contribution < 1.29 is 19.0 Å². The van der Waals surface area contributed by atoms with Crippen LogP contribution in [0.25, 0.3) is 12.2 Å². The number of ether oxygens (including phenoxy) is 3. The maximum Gasteiger partial charge on any atom is 0.255 e. The topological polar surface area (TPSA) is 60.0 Å². The fourth-order valence-electron chi connectivity index (χ4n) is 2.85. The Morgan fingerprint density at radius 1 is 0.966 bits per heavy atom. The van der Waals surface area contributed by atoms with E-state index >= 15 is 0 Å². The van der Waals surface area contributed by atoms with Crippen LogP contribution >= 0.6 is 0 Å². The molecule has 0 atom stereocenters. The Morgan fingerprint density at radius 2 is 1.66 bits per heavy atom. The van der Waals surface area contributed by atoms with Gasteiger partial charge in [0, 0.05) is 12.6 Å². The predicted molar refractivity (Wildman–Crippen MR) is 117 cm³/mol. The molecule has 0 aromatic heterocycles. The molecule has 0 fully saturated rings. The average Bonchev–Trinajstić information content (AvgIpc) is 2.74. The lowest BCUT2D eigenvalue weighted by molar-refractivity contribution is 0.0949. The molecule has 6 heteroatoms. The molecule has 2 rings (SSSR count). The van der Waals surface area contributed by atoms with Gasteiger partial charge in [0.15, 0.2) is 0 Å². The molecular weight excluding hydrogens is 368 g/mol. The van der Waals surface area contributed by atoms with E-state index < -0.39 is 0 Å². The van der Waals surface area contributed by atoms with E-state index in [0.29, 0.717) is 23.6 Å². The van der Waals surface area contributed by atoms with Crippen molar-refractivity contribution >= 4 is 18.1 Å². The average molecular weight is 399 g/mol. The fourth-order valence-corrected chi connectivity index (χ4v) is 2.85. The van der Waals surface area contributed by atoms with Crippen LogP contribution in [0.3, 0.4) is 0 Å². The van der Waals surface area contributed by atoms with Gasteiger partial charge in [-0.15, -0.1) is 0 Å². The zero-order chi connectivity index (χ0) is 21.2. The molecule has 0 radical (unpaired) electrons. The number of methoxy groups -OCH3 is 3. The molecule has 0 aliphatic heterocycles. The first kappa shape index (κ1) is 22.3. The zero-order valence-electron chi connectivity index (χ0n) is 17.8. The van der Waals surface area contributed by atoms with E-state index in [9.17, 15) is 4.79 Å². The van der Waals surface area contributed by atoms with Crippen LogP contribution in [0.2, 0.25) is 0 Å². The van der Waals surface area contributed by atoms with Crippen molar-refractivity contribution in [3.05, 3.63) is 53.1 Å². The number of hydrogen-bond donors (Lipinski definition) is 1. The Balaban J connectivity index is 2.30. The molecule has 0 aliphatic rings. The molecule has 1 amide bonds. The third-order valence-electron chi connectivity index (χ3n) is 4.43. The number of nitrogens with zero attached hydrogens (tertiary/aromatic N) is 1. The molecule has 0 heterocycles. The second kappa shape index (κ2) is 11.1. The standard InChI is InChI=1S/C23H30N2O4/c1-25(2)14-6-13-24-23(26)22-18(15-20(28-4)16-21(22)29-5)10-7-17-8-11-19(27-3)12-9-17/h7-12,15-16H,6,13-14H2,1-5H3,(H,24,26)/b10-7+. The van der Waals surface area contributed by atoms with E-state index in [2.05, 4.69) is 10.2 Å². The molecule has 29 heavy (non-hydrogen) atoms. The van der Waals surface area contributed by atoms with Crippen LogP contribution < -0.4 is 19.5 Å². The molecule has 0 saturated heterocycles. The van der Waals surface area contributed by atoms with Crippen molar-refractivity contribution in [1.29, 1.82) is 0 Å². The molecule has 0 saturated carbocycles. The van der Waals surface area contributed by atoms with Crippen LogP contribution in [0.1, 0.15) is 27.9 Å². The summed E-state index contributed by atoms with van der Waals surface area (Å²) in [6.45, 7) is 1.50. The number of rotatable bonds is 10. The molecule has 0 spiro atoms. The van der Waals surface area contributed by atoms with Crippen LogP contribution in [-0.2, 0) is 0 Å².